The molecule has 1 atom stereocenters. The molecule has 21 heavy (non-hydrogen) atoms. The van der Waals surface area contributed by atoms with Crippen LogP contribution >= 0.6 is 0 Å². The van der Waals surface area contributed by atoms with E-state index in [-0.39, 0.29) is 0 Å². The second-order valence-electron chi connectivity index (χ2n) is 5.26. The number of carbonyl (C=O) groups is 1. The predicted octanol–water partition coefficient (Wildman–Crippen LogP) is 2.52. The summed E-state index contributed by atoms with van der Waals surface area (Å²) in [5.74, 6) is -0.261. The number of carboxylic acid groups (broad SMARTS) is 1. The van der Waals surface area contributed by atoms with Gasteiger partial charge in [-0.15, -0.1) is 0 Å². The van der Waals surface area contributed by atoms with Gasteiger partial charge in [-0.1, -0.05) is 24.3 Å². The van der Waals surface area contributed by atoms with Gasteiger partial charge in [0.1, 0.15) is 18.2 Å². The van der Waals surface area contributed by atoms with Crippen LogP contribution in [0.4, 0.5) is 5.82 Å². The molecule has 1 aromatic carbocycles. The Morgan fingerprint density at radius 1 is 1.29 bits per heavy atom. The van der Waals surface area contributed by atoms with E-state index in [1.165, 1.54) is 11.9 Å². The zero-order chi connectivity index (χ0) is 14.8. The standard InChI is InChI=1S/C16H17N3O2/c1-10(16(20)21)19-15-13-8-4-6-11-5-2-3-7-12(11)14(13)17-9-18-15/h2-3,5,7,9-10H,4,6,8H2,1H3,(H,20,21)(H,17,18,19)/t10-/m1/s1. The summed E-state index contributed by atoms with van der Waals surface area (Å²) in [6, 6.07) is 7.55. The highest BCUT2D eigenvalue weighted by Gasteiger charge is 2.20. The van der Waals surface area contributed by atoms with E-state index in [2.05, 4.69) is 27.4 Å². The monoisotopic (exact) mass is 283 g/mol. The molecule has 0 fully saturated rings. The average molecular weight is 283 g/mol. The summed E-state index contributed by atoms with van der Waals surface area (Å²) in [6.45, 7) is 1.61. The van der Waals surface area contributed by atoms with E-state index < -0.39 is 12.0 Å². The summed E-state index contributed by atoms with van der Waals surface area (Å²) in [7, 11) is 0. The van der Waals surface area contributed by atoms with E-state index >= 15 is 0 Å². The normalized spacial score (nSPS) is 14.5. The minimum absolute atomic E-state index is 0.631. The van der Waals surface area contributed by atoms with Crippen molar-refractivity contribution < 1.29 is 9.90 Å². The summed E-state index contributed by atoms with van der Waals surface area (Å²) in [5.41, 5.74) is 4.33. The van der Waals surface area contributed by atoms with Crippen molar-refractivity contribution in [2.24, 2.45) is 0 Å². The Morgan fingerprint density at radius 2 is 2.10 bits per heavy atom. The van der Waals surface area contributed by atoms with Gasteiger partial charge in [0, 0.05) is 11.1 Å². The predicted molar refractivity (Wildman–Crippen MR) is 80.2 cm³/mol. The molecule has 2 aromatic rings. The number of hydrogen-bond acceptors (Lipinski definition) is 4. The van der Waals surface area contributed by atoms with E-state index in [9.17, 15) is 4.79 Å². The number of rotatable bonds is 3. The van der Waals surface area contributed by atoms with Gasteiger partial charge in [0.2, 0.25) is 0 Å². The molecule has 1 aromatic heterocycles. The molecule has 0 saturated heterocycles. The lowest BCUT2D eigenvalue weighted by atomic mass is 10.0. The van der Waals surface area contributed by atoms with Crippen LogP contribution in [-0.4, -0.2) is 27.1 Å². The highest BCUT2D eigenvalue weighted by molar-refractivity contribution is 5.78. The van der Waals surface area contributed by atoms with Crippen LogP contribution in [-0.2, 0) is 17.6 Å². The van der Waals surface area contributed by atoms with Crippen LogP contribution in [0.2, 0.25) is 0 Å². The van der Waals surface area contributed by atoms with Crippen LogP contribution in [0.25, 0.3) is 11.3 Å². The number of aliphatic carboxylic acids is 1. The molecular formula is C16H17N3O2. The molecule has 1 heterocycles. The minimum Gasteiger partial charge on any atom is -0.480 e. The summed E-state index contributed by atoms with van der Waals surface area (Å²) in [5, 5.41) is 12.0. The van der Waals surface area contributed by atoms with Gasteiger partial charge in [0.15, 0.2) is 0 Å². The second-order valence-corrected chi connectivity index (χ2v) is 5.26. The number of nitrogens with one attached hydrogen (secondary N) is 1. The number of anilines is 1. The Morgan fingerprint density at radius 3 is 2.90 bits per heavy atom. The molecule has 1 aliphatic carbocycles. The van der Waals surface area contributed by atoms with Crippen molar-refractivity contribution in [3.63, 3.8) is 0 Å². The second kappa shape index (κ2) is 5.52. The number of hydrogen-bond donors (Lipinski definition) is 2. The zero-order valence-corrected chi connectivity index (χ0v) is 11.8. The molecule has 0 amide bonds. The number of aryl methyl sites for hydroxylation is 1. The van der Waals surface area contributed by atoms with Gasteiger partial charge >= 0.3 is 5.97 Å². The van der Waals surface area contributed by atoms with Crippen LogP contribution in [0.5, 0.6) is 0 Å². The number of fused-ring (bicyclic) bond motifs is 3. The molecule has 0 aliphatic heterocycles. The smallest absolute Gasteiger partial charge is 0.325 e. The van der Waals surface area contributed by atoms with Crippen LogP contribution in [0, 0.1) is 0 Å². The molecule has 5 heteroatoms. The Balaban J connectivity index is 2.07. The summed E-state index contributed by atoms with van der Waals surface area (Å²) < 4.78 is 0. The molecule has 0 spiro atoms. The van der Waals surface area contributed by atoms with E-state index in [0.29, 0.717) is 5.82 Å². The summed E-state index contributed by atoms with van der Waals surface area (Å²) in [4.78, 5) is 19.7. The quantitative estimate of drug-likeness (QED) is 0.905. The Hall–Kier alpha value is -2.43. The maximum atomic E-state index is 11.0. The van der Waals surface area contributed by atoms with Crippen molar-refractivity contribution in [3.05, 3.63) is 41.7 Å². The van der Waals surface area contributed by atoms with Gasteiger partial charge in [0.25, 0.3) is 0 Å². The first-order valence-electron chi connectivity index (χ1n) is 7.08. The molecule has 1 aliphatic rings. The first kappa shape index (κ1) is 13.5. The molecule has 0 radical (unpaired) electrons. The maximum absolute atomic E-state index is 11.0. The molecule has 0 bridgehead atoms. The molecule has 0 unspecified atom stereocenters. The van der Waals surface area contributed by atoms with Gasteiger partial charge in [-0.2, -0.15) is 0 Å². The van der Waals surface area contributed by atoms with E-state index in [1.807, 2.05) is 12.1 Å². The largest absolute Gasteiger partial charge is 0.480 e. The van der Waals surface area contributed by atoms with Crippen molar-refractivity contribution in [2.75, 3.05) is 5.32 Å². The Bertz CT molecular complexity index is 685. The summed E-state index contributed by atoms with van der Waals surface area (Å²) in [6.07, 6.45) is 4.35. The van der Waals surface area contributed by atoms with E-state index in [4.69, 9.17) is 5.11 Å². The van der Waals surface area contributed by atoms with Crippen LogP contribution in [0.3, 0.4) is 0 Å². The fourth-order valence-corrected chi connectivity index (χ4v) is 2.70. The lowest BCUT2D eigenvalue weighted by Crippen LogP contribution is -2.26. The SMILES string of the molecule is C[C@@H](Nc1ncnc2c1CCCc1ccccc1-2)C(=O)O. The first-order chi connectivity index (χ1) is 10.2. The molecule has 2 N–H and O–H groups in total. The Labute approximate surface area is 123 Å². The van der Waals surface area contributed by atoms with Crippen LogP contribution in [0.15, 0.2) is 30.6 Å². The molecular weight excluding hydrogens is 266 g/mol. The fraction of sp³-hybridized carbons (Fsp3) is 0.312. The topological polar surface area (TPSA) is 75.1 Å². The van der Waals surface area contributed by atoms with Crippen molar-refractivity contribution in [3.8, 4) is 11.3 Å². The molecule has 5 nitrogen and oxygen atoms in total. The van der Waals surface area contributed by atoms with Crippen LogP contribution in [0.1, 0.15) is 24.5 Å². The molecule has 0 saturated carbocycles. The van der Waals surface area contributed by atoms with Crippen molar-refractivity contribution >= 4 is 11.8 Å². The lowest BCUT2D eigenvalue weighted by molar-refractivity contribution is -0.137. The first-order valence-corrected chi connectivity index (χ1v) is 7.08. The van der Waals surface area contributed by atoms with E-state index in [0.717, 1.165) is 36.1 Å². The molecule has 3 rings (SSSR count). The third kappa shape index (κ3) is 2.59. The van der Waals surface area contributed by atoms with Gasteiger partial charge in [0.05, 0.1) is 5.69 Å². The number of benzene rings is 1. The Kier molecular flexibility index (Phi) is 3.56. The zero-order valence-electron chi connectivity index (χ0n) is 11.8. The van der Waals surface area contributed by atoms with Gasteiger partial charge in [-0.05, 0) is 31.7 Å². The van der Waals surface area contributed by atoms with Crippen LogP contribution < -0.4 is 5.32 Å². The third-order valence-electron chi connectivity index (χ3n) is 3.81. The highest BCUT2D eigenvalue weighted by Crippen LogP contribution is 2.33. The fourth-order valence-electron chi connectivity index (χ4n) is 2.70. The van der Waals surface area contributed by atoms with Crippen molar-refractivity contribution in [1.29, 1.82) is 0 Å². The number of nitrogens with zero attached hydrogens (tertiary/aromatic N) is 2. The van der Waals surface area contributed by atoms with Gasteiger partial charge < -0.3 is 10.4 Å². The molecule has 108 valence electrons. The maximum Gasteiger partial charge on any atom is 0.325 e. The average Bonchev–Trinajstić information content (AvgIpc) is 2.67. The van der Waals surface area contributed by atoms with E-state index in [1.54, 1.807) is 6.92 Å². The number of aromatic nitrogens is 2. The highest BCUT2D eigenvalue weighted by atomic mass is 16.4. The van der Waals surface area contributed by atoms with Crippen molar-refractivity contribution in [2.45, 2.75) is 32.2 Å². The summed E-state index contributed by atoms with van der Waals surface area (Å²) >= 11 is 0. The van der Waals surface area contributed by atoms with Crippen molar-refractivity contribution in [1.82, 2.24) is 9.97 Å². The van der Waals surface area contributed by atoms with Gasteiger partial charge in [-0.3, -0.25) is 4.79 Å². The minimum atomic E-state index is -0.892. The third-order valence-corrected chi connectivity index (χ3v) is 3.81. The number of carboxylic acids is 1. The van der Waals surface area contributed by atoms with Gasteiger partial charge in [-0.25, -0.2) is 9.97 Å². The lowest BCUT2D eigenvalue weighted by Gasteiger charge is -2.15.